The summed E-state index contributed by atoms with van der Waals surface area (Å²) in [4.78, 5) is 0. The Balaban J connectivity index is 2.07. The second-order valence-corrected chi connectivity index (χ2v) is 5.73. The van der Waals surface area contributed by atoms with Crippen LogP contribution >= 0.6 is 11.6 Å². The average Bonchev–Trinajstić information content (AvgIpc) is 2.52. The van der Waals surface area contributed by atoms with Crippen LogP contribution in [0.5, 0.6) is 5.75 Å². The zero-order chi connectivity index (χ0) is 15.2. The van der Waals surface area contributed by atoms with Gasteiger partial charge in [0.2, 0.25) is 0 Å². The average molecular weight is 313 g/mol. The van der Waals surface area contributed by atoms with E-state index < -0.39 is 0 Å². The standard InChI is InChI=1S/C18H29ClO2/c1-2-3-7-15-21-18-11-9-17(10-12-18)16-20-14-8-5-4-6-13-19/h9-12H,2-8,13-16H2,1H3. The van der Waals surface area contributed by atoms with Crippen LogP contribution in [-0.2, 0) is 11.3 Å². The highest BCUT2D eigenvalue weighted by atomic mass is 35.5. The molecule has 0 amide bonds. The molecule has 0 aliphatic rings. The van der Waals surface area contributed by atoms with Gasteiger partial charge in [-0.3, -0.25) is 0 Å². The van der Waals surface area contributed by atoms with Crippen molar-refractivity contribution >= 4 is 11.6 Å². The molecule has 3 heteroatoms. The van der Waals surface area contributed by atoms with Crippen molar-refractivity contribution in [2.75, 3.05) is 19.1 Å². The molecule has 1 rings (SSSR count). The predicted octanol–water partition coefficient (Wildman–Crippen LogP) is 5.57. The maximum atomic E-state index is 5.69. The minimum absolute atomic E-state index is 0.686. The first-order valence-corrected chi connectivity index (χ1v) is 8.75. The van der Waals surface area contributed by atoms with Gasteiger partial charge in [0.15, 0.2) is 0 Å². The van der Waals surface area contributed by atoms with Crippen molar-refractivity contribution in [3.05, 3.63) is 29.8 Å². The second kappa shape index (κ2) is 13.0. The van der Waals surface area contributed by atoms with Crippen LogP contribution in [0.15, 0.2) is 24.3 Å². The molecule has 0 aromatic heterocycles. The van der Waals surface area contributed by atoms with Crippen molar-refractivity contribution in [2.45, 2.75) is 58.5 Å². The number of hydrogen-bond donors (Lipinski definition) is 0. The number of unbranched alkanes of at least 4 members (excludes halogenated alkanes) is 5. The van der Waals surface area contributed by atoms with Crippen LogP contribution in [0.4, 0.5) is 0 Å². The maximum Gasteiger partial charge on any atom is 0.119 e. The van der Waals surface area contributed by atoms with Gasteiger partial charge in [0.1, 0.15) is 5.75 Å². The molecule has 0 fully saturated rings. The van der Waals surface area contributed by atoms with E-state index in [1.807, 2.05) is 12.1 Å². The summed E-state index contributed by atoms with van der Waals surface area (Å²) >= 11 is 5.64. The lowest BCUT2D eigenvalue weighted by atomic mass is 10.2. The van der Waals surface area contributed by atoms with Crippen LogP contribution in [0.3, 0.4) is 0 Å². The number of ether oxygens (including phenoxy) is 2. The van der Waals surface area contributed by atoms with Crippen molar-refractivity contribution < 1.29 is 9.47 Å². The summed E-state index contributed by atoms with van der Waals surface area (Å²) in [5.41, 5.74) is 1.21. The molecule has 0 N–H and O–H groups in total. The number of rotatable bonds is 13. The van der Waals surface area contributed by atoms with Gasteiger partial charge in [-0.1, -0.05) is 44.7 Å². The molecule has 0 saturated heterocycles. The lowest BCUT2D eigenvalue weighted by Crippen LogP contribution is -1.98. The van der Waals surface area contributed by atoms with E-state index >= 15 is 0 Å². The monoisotopic (exact) mass is 312 g/mol. The van der Waals surface area contributed by atoms with Crippen LogP contribution in [0.1, 0.15) is 57.4 Å². The van der Waals surface area contributed by atoms with Crippen molar-refractivity contribution in [3.63, 3.8) is 0 Å². The zero-order valence-corrected chi connectivity index (χ0v) is 14.0. The Bertz CT molecular complexity index is 338. The number of halogens is 1. The molecular weight excluding hydrogens is 284 g/mol. The molecule has 0 spiro atoms. The SMILES string of the molecule is CCCCCOc1ccc(COCCCCCCCl)cc1. The van der Waals surface area contributed by atoms with E-state index in [0.29, 0.717) is 6.61 Å². The third-order valence-corrected chi connectivity index (χ3v) is 3.65. The van der Waals surface area contributed by atoms with E-state index in [4.69, 9.17) is 21.1 Å². The van der Waals surface area contributed by atoms with E-state index in [9.17, 15) is 0 Å². The van der Waals surface area contributed by atoms with Crippen LogP contribution in [-0.4, -0.2) is 19.1 Å². The lowest BCUT2D eigenvalue weighted by molar-refractivity contribution is 0.117. The first-order chi connectivity index (χ1) is 10.4. The fourth-order valence-electron chi connectivity index (χ4n) is 2.07. The Morgan fingerprint density at radius 2 is 1.57 bits per heavy atom. The Labute approximate surface area is 134 Å². The number of benzene rings is 1. The molecule has 0 aliphatic carbocycles. The lowest BCUT2D eigenvalue weighted by Gasteiger charge is -2.07. The first kappa shape index (κ1) is 18.3. The van der Waals surface area contributed by atoms with Gasteiger partial charge in [0.05, 0.1) is 13.2 Å². The molecule has 0 atom stereocenters. The molecule has 120 valence electrons. The van der Waals surface area contributed by atoms with Gasteiger partial charge >= 0.3 is 0 Å². The Hall–Kier alpha value is -0.730. The van der Waals surface area contributed by atoms with Crippen LogP contribution in [0.25, 0.3) is 0 Å². The largest absolute Gasteiger partial charge is 0.494 e. The minimum atomic E-state index is 0.686. The minimum Gasteiger partial charge on any atom is -0.494 e. The van der Waals surface area contributed by atoms with Gasteiger partial charge in [-0.05, 0) is 37.0 Å². The van der Waals surface area contributed by atoms with E-state index in [2.05, 4.69) is 19.1 Å². The molecule has 0 unspecified atom stereocenters. The highest BCUT2D eigenvalue weighted by Gasteiger charge is 1.97. The van der Waals surface area contributed by atoms with E-state index in [1.54, 1.807) is 0 Å². The third kappa shape index (κ3) is 9.76. The quantitative estimate of drug-likeness (QED) is 0.350. The summed E-state index contributed by atoms with van der Waals surface area (Å²) in [6, 6.07) is 8.24. The molecule has 0 saturated carbocycles. The van der Waals surface area contributed by atoms with Gasteiger partial charge in [0, 0.05) is 12.5 Å². The van der Waals surface area contributed by atoms with Crippen molar-refractivity contribution in [3.8, 4) is 5.75 Å². The Morgan fingerprint density at radius 3 is 2.29 bits per heavy atom. The molecule has 0 heterocycles. The second-order valence-electron chi connectivity index (χ2n) is 5.36. The number of alkyl halides is 1. The topological polar surface area (TPSA) is 18.5 Å². The van der Waals surface area contributed by atoms with Crippen molar-refractivity contribution in [1.82, 2.24) is 0 Å². The summed E-state index contributed by atoms with van der Waals surface area (Å²) < 4.78 is 11.4. The fourth-order valence-corrected chi connectivity index (χ4v) is 2.26. The molecule has 1 aromatic rings. The summed E-state index contributed by atoms with van der Waals surface area (Å²) in [5, 5.41) is 0. The Morgan fingerprint density at radius 1 is 0.857 bits per heavy atom. The molecule has 0 aliphatic heterocycles. The van der Waals surface area contributed by atoms with Gasteiger partial charge in [-0.15, -0.1) is 11.6 Å². The molecule has 0 bridgehead atoms. The molecular formula is C18H29ClO2. The van der Waals surface area contributed by atoms with Gasteiger partial charge < -0.3 is 9.47 Å². The van der Waals surface area contributed by atoms with Crippen molar-refractivity contribution in [2.24, 2.45) is 0 Å². The summed E-state index contributed by atoms with van der Waals surface area (Å²) in [6.07, 6.45) is 8.23. The number of hydrogen-bond acceptors (Lipinski definition) is 2. The summed E-state index contributed by atoms with van der Waals surface area (Å²) in [5.74, 6) is 1.73. The van der Waals surface area contributed by atoms with Crippen molar-refractivity contribution in [1.29, 1.82) is 0 Å². The smallest absolute Gasteiger partial charge is 0.119 e. The summed E-state index contributed by atoms with van der Waals surface area (Å²) in [7, 11) is 0. The normalized spacial score (nSPS) is 10.8. The predicted molar refractivity (Wildman–Crippen MR) is 90.3 cm³/mol. The van der Waals surface area contributed by atoms with Gasteiger partial charge in [0.25, 0.3) is 0 Å². The Kier molecular flexibility index (Phi) is 11.3. The molecule has 1 aromatic carbocycles. The fraction of sp³-hybridized carbons (Fsp3) is 0.667. The molecule has 2 nitrogen and oxygen atoms in total. The first-order valence-electron chi connectivity index (χ1n) is 8.22. The summed E-state index contributed by atoms with van der Waals surface area (Å²) in [6.45, 7) is 4.53. The van der Waals surface area contributed by atoms with Crippen LogP contribution < -0.4 is 4.74 Å². The van der Waals surface area contributed by atoms with Gasteiger partial charge in [-0.2, -0.15) is 0 Å². The zero-order valence-electron chi connectivity index (χ0n) is 13.3. The highest BCUT2D eigenvalue weighted by molar-refractivity contribution is 6.17. The van der Waals surface area contributed by atoms with Gasteiger partial charge in [-0.25, -0.2) is 0 Å². The van der Waals surface area contributed by atoms with Crippen LogP contribution in [0.2, 0.25) is 0 Å². The molecule has 21 heavy (non-hydrogen) atoms. The van der Waals surface area contributed by atoms with E-state index in [-0.39, 0.29) is 0 Å². The maximum absolute atomic E-state index is 5.69. The molecule has 0 radical (unpaired) electrons. The van der Waals surface area contributed by atoms with E-state index in [0.717, 1.165) is 44.1 Å². The third-order valence-electron chi connectivity index (χ3n) is 3.38. The van der Waals surface area contributed by atoms with E-state index in [1.165, 1.54) is 31.2 Å². The highest BCUT2D eigenvalue weighted by Crippen LogP contribution is 2.14. The van der Waals surface area contributed by atoms with Crippen LogP contribution in [0, 0.1) is 0 Å².